The van der Waals surface area contributed by atoms with Crippen LogP contribution in [-0.2, 0) is 13.6 Å². The van der Waals surface area contributed by atoms with Gasteiger partial charge in [-0.15, -0.1) is 11.6 Å². The van der Waals surface area contributed by atoms with Gasteiger partial charge in [0.05, 0.1) is 24.3 Å². The summed E-state index contributed by atoms with van der Waals surface area (Å²) in [7, 11) is 1.79. The van der Waals surface area contributed by atoms with Gasteiger partial charge in [0.2, 0.25) is 0 Å². The molecule has 0 spiro atoms. The second-order valence-electron chi connectivity index (χ2n) is 3.41. The number of nitrogens with zero attached hydrogens (tertiary/aromatic N) is 5. The van der Waals surface area contributed by atoms with Crippen molar-refractivity contribution in [2.24, 2.45) is 7.05 Å². The topological polar surface area (TPSA) is 48.5 Å². The first-order valence-electron chi connectivity index (χ1n) is 4.67. The zero-order valence-corrected chi connectivity index (χ0v) is 9.39. The molecule has 0 saturated carbocycles. The fraction of sp³-hybridized carbons (Fsp3) is 0.444. The molecule has 80 valence electrons. The van der Waals surface area contributed by atoms with Gasteiger partial charge in [-0.05, 0) is 6.92 Å². The first kappa shape index (κ1) is 10.2. The van der Waals surface area contributed by atoms with Crippen LogP contribution >= 0.6 is 11.6 Å². The van der Waals surface area contributed by atoms with E-state index in [1.807, 2.05) is 13.1 Å². The van der Waals surface area contributed by atoms with E-state index in [0.29, 0.717) is 6.54 Å². The standard InChI is InChI=1S/C9H12ClN5/c1-7(10)8-3-12-15(5-8)6-9-4-11-14(2)13-9/h3-5,7H,6H2,1-2H3. The molecule has 2 rings (SSSR count). The van der Waals surface area contributed by atoms with E-state index in [4.69, 9.17) is 11.6 Å². The Hall–Kier alpha value is -1.36. The summed E-state index contributed by atoms with van der Waals surface area (Å²) in [6.07, 6.45) is 5.42. The smallest absolute Gasteiger partial charge is 0.104 e. The Morgan fingerprint density at radius 1 is 1.40 bits per heavy atom. The average Bonchev–Trinajstić information content (AvgIpc) is 2.76. The van der Waals surface area contributed by atoms with Crippen LogP contribution < -0.4 is 0 Å². The van der Waals surface area contributed by atoms with E-state index >= 15 is 0 Å². The van der Waals surface area contributed by atoms with Gasteiger partial charge >= 0.3 is 0 Å². The van der Waals surface area contributed by atoms with E-state index in [0.717, 1.165) is 11.3 Å². The quantitative estimate of drug-likeness (QED) is 0.742. The van der Waals surface area contributed by atoms with Crippen LogP contribution in [0.4, 0.5) is 0 Å². The molecule has 2 heterocycles. The van der Waals surface area contributed by atoms with Crippen LogP contribution in [-0.4, -0.2) is 24.8 Å². The summed E-state index contributed by atoms with van der Waals surface area (Å²) in [6, 6.07) is 0. The van der Waals surface area contributed by atoms with Crippen LogP contribution in [0.3, 0.4) is 0 Å². The van der Waals surface area contributed by atoms with Crippen LogP contribution in [0, 0.1) is 0 Å². The maximum absolute atomic E-state index is 5.94. The van der Waals surface area contributed by atoms with E-state index < -0.39 is 0 Å². The molecular weight excluding hydrogens is 214 g/mol. The van der Waals surface area contributed by atoms with Gasteiger partial charge < -0.3 is 0 Å². The lowest BCUT2D eigenvalue weighted by atomic mass is 10.3. The minimum absolute atomic E-state index is 0.0133. The van der Waals surface area contributed by atoms with E-state index in [-0.39, 0.29) is 5.38 Å². The van der Waals surface area contributed by atoms with Gasteiger partial charge in [0, 0.05) is 18.8 Å². The van der Waals surface area contributed by atoms with Gasteiger partial charge in [-0.2, -0.15) is 20.1 Å². The highest BCUT2D eigenvalue weighted by atomic mass is 35.5. The largest absolute Gasteiger partial charge is 0.266 e. The molecule has 15 heavy (non-hydrogen) atoms. The number of alkyl halides is 1. The number of rotatable bonds is 3. The van der Waals surface area contributed by atoms with Crippen LogP contribution in [0.25, 0.3) is 0 Å². The van der Waals surface area contributed by atoms with Gasteiger partial charge in [-0.1, -0.05) is 0 Å². The van der Waals surface area contributed by atoms with E-state index in [1.165, 1.54) is 4.80 Å². The van der Waals surface area contributed by atoms with E-state index in [9.17, 15) is 0 Å². The summed E-state index contributed by atoms with van der Waals surface area (Å²) in [4.78, 5) is 1.53. The average molecular weight is 226 g/mol. The monoisotopic (exact) mass is 225 g/mol. The van der Waals surface area contributed by atoms with Crippen molar-refractivity contribution >= 4 is 11.6 Å². The summed E-state index contributed by atoms with van der Waals surface area (Å²) in [6.45, 7) is 2.54. The molecule has 6 heteroatoms. The highest BCUT2D eigenvalue weighted by Crippen LogP contribution is 2.17. The predicted octanol–water partition coefficient (Wildman–Crippen LogP) is 1.36. The van der Waals surface area contributed by atoms with Crippen molar-refractivity contribution in [3.63, 3.8) is 0 Å². The number of aromatic nitrogens is 5. The lowest BCUT2D eigenvalue weighted by molar-refractivity contribution is 0.620. The summed E-state index contributed by atoms with van der Waals surface area (Å²) in [5.41, 5.74) is 1.90. The highest BCUT2D eigenvalue weighted by Gasteiger charge is 2.05. The summed E-state index contributed by atoms with van der Waals surface area (Å²) < 4.78 is 1.80. The normalized spacial score (nSPS) is 13.0. The molecular formula is C9H12ClN5. The van der Waals surface area contributed by atoms with Gasteiger partial charge in [-0.3, -0.25) is 4.68 Å². The number of hydrogen-bond donors (Lipinski definition) is 0. The van der Waals surface area contributed by atoms with Crippen molar-refractivity contribution in [1.82, 2.24) is 24.8 Å². The van der Waals surface area contributed by atoms with Crippen LogP contribution in [0.1, 0.15) is 23.6 Å². The van der Waals surface area contributed by atoms with Gasteiger partial charge in [0.25, 0.3) is 0 Å². The predicted molar refractivity (Wildman–Crippen MR) is 56.6 cm³/mol. The van der Waals surface area contributed by atoms with Crippen LogP contribution in [0.2, 0.25) is 0 Å². The zero-order chi connectivity index (χ0) is 10.8. The SMILES string of the molecule is CC(Cl)c1cnn(Cc2cnn(C)n2)c1. The van der Waals surface area contributed by atoms with Gasteiger partial charge in [0.1, 0.15) is 5.69 Å². The van der Waals surface area contributed by atoms with Crippen LogP contribution in [0.15, 0.2) is 18.6 Å². The molecule has 0 aliphatic rings. The molecule has 0 N–H and O–H groups in total. The molecule has 0 saturated heterocycles. The minimum Gasteiger partial charge on any atom is -0.266 e. The fourth-order valence-electron chi connectivity index (χ4n) is 1.30. The third-order valence-electron chi connectivity index (χ3n) is 2.08. The lowest BCUT2D eigenvalue weighted by Gasteiger charge is -1.97. The second kappa shape index (κ2) is 4.02. The Labute approximate surface area is 92.7 Å². The molecule has 0 aromatic carbocycles. The van der Waals surface area contributed by atoms with E-state index in [2.05, 4.69) is 15.3 Å². The Morgan fingerprint density at radius 3 is 2.73 bits per heavy atom. The van der Waals surface area contributed by atoms with Crippen LogP contribution in [0.5, 0.6) is 0 Å². The third-order valence-corrected chi connectivity index (χ3v) is 2.34. The Morgan fingerprint density at radius 2 is 2.20 bits per heavy atom. The first-order chi connectivity index (χ1) is 7.15. The number of aryl methyl sites for hydroxylation is 1. The van der Waals surface area contributed by atoms with Crippen molar-refractivity contribution in [3.8, 4) is 0 Å². The zero-order valence-electron chi connectivity index (χ0n) is 8.63. The third kappa shape index (κ3) is 2.36. The molecule has 0 amide bonds. The maximum atomic E-state index is 5.94. The highest BCUT2D eigenvalue weighted by molar-refractivity contribution is 6.20. The van der Waals surface area contributed by atoms with Crippen molar-refractivity contribution in [3.05, 3.63) is 29.8 Å². The van der Waals surface area contributed by atoms with Crippen molar-refractivity contribution in [2.75, 3.05) is 0 Å². The first-order valence-corrected chi connectivity index (χ1v) is 5.10. The molecule has 0 radical (unpaired) electrons. The van der Waals surface area contributed by atoms with Crippen molar-refractivity contribution < 1.29 is 0 Å². The summed E-state index contributed by atoms with van der Waals surface area (Å²) in [5, 5.41) is 12.3. The molecule has 1 atom stereocenters. The summed E-state index contributed by atoms with van der Waals surface area (Å²) in [5.74, 6) is 0. The molecule has 0 aliphatic carbocycles. The van der Waals surface area contributed by atoms with Gasteiger partial charge in [0.15, 0.2) is 0 Å². The minimum atomic E-state index is -0.0133. The maximum Gasteiger partial charge on any atom is 0.104 e. The Kier molecular flexibility index (Phi) is 2.73. The molecule has 5 nitrogen and oxygen atoms in total. The molecule has 0 fully saturated rings. The lowest BCUT2D eigenvalue weighted by Crippen LogP contribution is -2.01. The molecule has 0 bridgehead atoms. The fourth-order valence-corrected chi connectivity index (χ4v) is 1.41. The summed E-state index contributed by atoms with van der Waals surface area (Å²) >= 11 is 5.94. The number of hydrogen-bond acceptors (Lipinski definition) is 3. The van der Waals surface area contributed by atoms with Crippen molar-refractivity contribution in [2.45, 2.75) is 18.8 Å². The molecule has 2 aromatic rings. The van der Waals surface area contributed by atoms with E-state index in [1.54, 1.807) is 24.1 Å². The molecule has 2 aromatic heterocycles. The molecule has 1 unspecified atom stereocenters. The Bertz CT molecular complexity index is 445. The Balaban J connectivity index is 2.11. The van der Waals surface area contributed by atoms with Gasteiger partial charge in [-0.25, -0.2) is 0 Å². The molecule has 0 aliphatic heterocycles. The second-order valence-corrected chi connectivity index (χ2v) is 4.07. The van der Waals surface area contributed by atoms with Crippen molar-refractivity contribution in [1.29, 1.82) is 0 Å². The number of halogens is 1.